The van der Waals surface area contributed by atoms with Gasteiger partial charge in [-0.15, -0.1) is 0 Å². The lowest BCUT2D eigenvalue weighted by molar-refractivity contribution is -0.128. The first-order chi connectivity index (χ1) is 8.18. The number of piperazine rings is 1. The lowest BCUT2D eigenvalue weighted by atomic mass is 10.2. The third kappa shape index (κ3) is 2.74. The van der Waals surface area contributed by atoms with Crippen LogP contribution in [0.25, 0.3) is 6.08 Å². The summed E-state index contributed by atoms with van der Waals surface area (Å²) in [6.07, 6.45) is 5.15. The number of amides is 1. The van der Waals surface area contributed by atoms with Crippen molar-refractivity contribution in [2.24, 2.45) is 7.05 Å². The van der Waals surface area contributed by atoms with Gasteiger partial charge >= 0.3 is 0 Å². The highest BCUT2D eigenvalue weighted by Gasteiger charge is 2.20. The van der Waals surface area contributed by atoms with Gasteiger partial charge in [-0.1, -0.05) is 0 Å². The molecule has 0 saturated carbocycles. The van der Waals surface area contributed by atoms with Gasteiger partial charge in [-0.2, -0.15) is 5.10 Å². The Bertz CT molecular complexity index is 424. The van der Waals surface area contributed by atoms with Gasteiger partial charge in [0.2, 0.25) is 5.91 Å². The van der Waals surface area contributed by atoms with Crippen LogP contribution in [0.4, 0.5) is 0 Å². The smallest absolute Gasteiger partial charge is 0.246 e. The van der Waals surface area contributed by atoms with E-state index in [0.29, 0.717) is 0 Å². The van der Waals surface area contributed by atoms with Gasteiger partial charge in [0, 0.05) is 45.0 Å². The molecule has 0 radical (unpaired) electrons. The molecular formula is C12H18N4O. The number of carbonyl (C=O) groups is 1. The maximum atomic E-state index is 12.0. The van der Waals surface area contributed by atoms with Crippen molar-refractivity contribution in [2.45, 2.75) is 13.0 Å². The number of aryl methyl sites for hydroxylation is 1. The second-order valence-corrected chi connectivity index (χ2v) is 4.30. The number of carbonyl (C=O) groups excluding carboxylic acids is 1. The number of hydrogen-bond donors (Lipinski definition) is 1. The zero-order chi connectivity index (χ0) is 12.3. The summed E-state index contributed by atoms with van der Waals surface area (Å²) in [5, 5.41) is 7.32. The first-order valence-electron chi connectivity index (χ1n) is 5.86. The lowest BCUT2D eigenvalue weighted by Gasteiger charge is -2.33. The third-order valence-electron chi connectivity index (χ3n) is 3.04. The molecule has 2 rings (SSSR count). The maximum Gasteiger partial charge on any atom is 0.246 e. The van der Waals surface area contributed by atoms with Crippen LogP contribution < -0.4 is 5.32 Å². The summed E-state index contributed by atoms with van der Waals surface area (Å²) in [5.74, 6) is 0.0696. The molecule has 17 heavy (non-hydrogen) atoms. The van der Waals surface area contributed by atoms with E-state index in [1.807, 2.05) is 24.1 Å². The molecular weight excluding hydrogens is 216 g/mol. The average molecular weight is 234 g/mol. The van der Waals surface area contributed by atoms with Crippen LogP contribution in [0, 0.1) is 0 Å². The van der Waals surface area contributed by atoms with Crippen LogP contribution in [0.15, 0.2) is 18.3 Å². The highest BCUT2D eigenvalue weighted by molar-refractivity contribution is 5.91. The normalized spacial score (nSPS) is 21.1. The van der Waals surface area contributed by atoms with Crippen LogP contribution in [-0.2, 0) is 11.8 Å². The van der Waals surface area contributed by atoms with Crippen LogP contribution in [0.1, 0.15) is 12.6 Å². The third-order valence-corrected chi connectivity index (χ3v) is 3.04. The zero-order valence-corrected chi connectivity index (χ0v) is 10.3. The Balaban J connectivity index is 2.01. The minimum Gasteiger partial charge on any atom is -0.334 e. The van der Waals surface area contributed by atoms with Crippen molar-refractivity contribution in [1.82, 2.24) is 20.0 Å². The van der Waals surface area contributed by atoms with E-state index in [2.05, 4.69) is 17.3 Å². The van der Waals surface area contributed by atoms with Crippen molar-refractivity contribution in [2.75, 3.05) is 19.6 Å². The van der Waals surface area contributed by atoms with Crippen molar-refractivity contribution in [3.05, 3.63) is 24.0 Å². The van der Waals surface area contributed by atoms with E-state index in [9.17, 15) is 4.79 Å². The van der Waals surface area contributed by atoms with Gasteiger partial charge in [-0.3, -0.25) is 9.48 Å². The van der Waals surface area contributed by atoms with Crippen LogP contribution in [0.5, 0.6) is 0 Å². The fraction of sp³-hybridized carbons (Fsp3) is 0.500. The minimum atomic E-state index is 0.0696. The fourth-order valence-electron chi connectivity index (χ4n) is 1.97. The summed E-state index contributed by atoms with van der Waals surface area (Å²) in [6, 6.07) is 2.14. The Morgan fingerprint density at radius 3 is 3.12 bits per heavy atom. The molecule has 1 N–H and O–H groups in total. The highest BCUT2D eigenvalue weighted by Crippen LogP contribution is 2.05. The molecule has 1 atom stereocenters. The fourth-order valence-corrected chi connectivity index (χ4v) is 1.97. The number of nitrogens with one attached hydrogen (secondary N) is 1. The quantitative estimate of drug-likeness (QED) is 0.746. The van der Waals surface area contributed by atoms with Crippen molar-refractivity contribution in [1.29, 1.82) is 0 Å². The number of nitrogens with zero attached hydrogens (tertiary/aromatic N) is 3. The van der Waals surface area contributed by atoms with Crippen LogP contribution in [-0.4, -0.2) is 46.3 Å². The second kappa shape index (κ2) is 5.14. The van der Waals surface area contributed by atoms with E-state index in [0.717, 1.165) is 25.3 Å². The van der Waals surface area contributed by atoms with Crippen molar-refractivity contribution in [3.8, 4) is 0 Å². The van der Waals surface area contributed by atoms with Gasteiger partial charge in [-0.25, -0.2) is 0 Å². The van der Waals surface area contributed by atoms with Gasteiger partial charge in [0.05, 0.1) is 5.69 Å². The van der Waals surface area contributed by atoms with Crippen molar-refractivity contribution in [3.63, 3.8) is 0 Å². The molecule has 5 nitrogen and oxygen atoms in total. The van der Waals surface area contributed by atoms with Crippen LogP contribution >= 0.6 is 0 Å². The van der Waals surface area contributed by atoms with E-state index in [-0.39, 0.29) is 11.9 Å². The monoisotopic (exact) mass is 234 g/mol. The van der Waals surface area contributed by atoms with Gasteiger partial charge in [0.15, 0.2) is 0 Å². The molecule has 0 aliphatic carbocycles. The topological polar surface area (TPSA) is 50.2 Å². The largest absolute Gasteiger partial charge is 0.334 e. The van der Waals surface area contributed by atoms with Gasteiger partial charge in [-0.05, 0) is 19.1 Å². The summed E-state index contributed by atoms with van der Waals surface area (Å²) in [6.45, 7) is 4.57. The van der Waals surface area contributed by atoms with Crippen LogP contribution in [0.2, 0.25) is 0 Å². The van der Waals surface area contributed by atoms with Gasteiger partial charge in [0.25, 0.3) is 0 Å². The molecule has 1 aromatic rings. The van der Waals surface area contributed by atoms with Gasteiger partial charge in [0.1, 0.15) is 0 Å². The zero-order valence-electron chi connectivity index (χ0n) is 10.3. The molecule has 5 heteroatoms. The molecule has 92 valence electrons. The predicted octanol–water partition coefficient (Wildman–Crippen LogP) is 0.254. The first-order valence-corrected chi connectivity index (χ1v) is 5.86. The Hall–Kier alpha value is -1.62. The van der Waals surface area contributed by atoms with E-state index < -0.39 is 0 Å². The Morgan fingerprint density at radius 2 is 2.47 bits per heavy atom. The molecule has 2 heterocycles. The summed E-state index contributed by atoms with van der Waals surface area (Å²) in [7, 11) is 1.86. The summed E-state index contributed by atoms with van der Waals surface area (Å²) in [5.41, 5.74) is 0.932. The molecule has 1 unspecified atom stereocenters. The standard InChI is InChI=1S/C12H18N4O/c1-10-9-13-7-8-16(10)12(17)4-3-11-5-6-14-15(11)2/h3-6,10,13H,7-9H2,1-2H3/b4-3+. The van der Waals surface area contributed by atoms with E-state index >= 15 is 0 Å². The maximum absolute atomic E-state index is 12.0. The van der Waals surface area contributed by atoms with Crippen LogP contribution in [0.3, 0.4) is 0 Å². The average Bonchev–Trinajstić information content (AvgIpc) is 2.72. The SMILES string of the molecule is CC1CNCCN1C(=O)/C=C/c1ccnn1C. The molecule has 1 fully saturated rings. The van der Waals surface area contributed by atoms with Crippen molar-refractivity contribution < 1.29 is 4.79 Å². The molecule has 0 aromatic carbocycles. The van der Waals surface area contributed by atoms with E-state index in [4.69, 9.17) is 0 Å². The highest BCUT2D eigenvalue weighted by atomic mass is 16.2. The Labute approximate surface area is 101 Å². The molecule has 1 aliphatic rings. The number of hydrogen-bond acceptors (Lipinski definition) is 3. The predicted molar refractivity (Wildman–Crippen MR) is 66.3 cm³/mol. The molecule has 1 aliphatic heterocycles. The summed E-state index contributed by atoms with van der Waals surface area (Å²) < 4.78 is 1.74. The van der Waals surface area contributed by atoms with E-state index in [1.54, 1.807) is 17.0 Å². The first kappa shape index (κ1) is 11.9. The Kier molecular flexibility index (Phi) is 3.58. The number of rotatable bonds is 2. The molecule has 1 saturated heterocycles. The minimum absolute atomic E-state index is 0.0696. The molecule has 0 bridgehead atoms. The molecule has 1 amide bonds. The van der Waals surface area contributed by atoms with Gasteiger partial charge < -0.3 is 10.2 Å². The molecule has 0 spiro atoms. The number of aromatic nitrogens is 2. The van der Waals surface area contributed by atoms with E-state index in [1.165, 1.54) is 0 Å². The molecule has 1 aromatic heterocycles. The second-order valence-electron chi connectivity index (χ2n) is 4.30. The summed E-state index contributed by atoms with van der Waals surface area (Å²) >= 11 is 0. The lowest BCUT2D eigenvalue weighted by Crippen LogP contribution is -2.51. The Morgan fingerprint density at radius 1 is 1.65 bits per heavy atom. The summed E-state index contributed by atoms with van der Waals surface area (Å²) in [4.78, 5) is 13.9. The van der Waals surface area contributed by atoms with Crippen molar-refractivity contribution >= 4 is 12.0 Å².